The molecule has 7 heteroatoms. The Bertz CT molecular complexity index is 1020. The summed E-state index contributed by atoms with van der Waals surface area (Å²) in [7, 11) is 0. The van der Waals surface area contributed by atoms with Crippen molar-refractivity contribution in [3.8, 4) is 0 Å². The standard InChI is InChI=1S/C24H27ClN4OS/c1-4-14-29-21(15-17-10-12-20(25)13-11-17)27-28-24(29)31-16-22(30)26-23-18(5-2)8-7-9-19(23)6-3/h4,7-13H,1,5-6,14-16H2,2-3H3,(H,26,30). The van der Waals surface area contributed by atoms with Crippen LogP contribution in [-0.2, 0) is 30.6 Å². The topological polar surface area (TPSA) is 59.8 Å². The van der Waals surface area contributed by atoms with Gasteiger partial charge in [-0.25, -0.2) is 0 Å². The number of hydrogen-bond donors (Lipinski definition) is 1. The van der Waals surface area contributed by atoms with Gasteiger partial charge >= 0.3 is 0 Å². The third kappa shape index (κ3) is 5.99. The van der Waals surface area contributed by atoms with Crippen LogP contribution in [0.4, 0.5) is 5.69 Å². The molecule has 0 aliphatic carbocycles. The van der Waals surface area contributed by atoms with Gasteiger partial charge in [0, 0.05) is 23.7 Å². The first-order valence-electron chi connectivity index (χ1n) is 10.4. The maximum atomic E-state index is 12.7. The summed E-state index contributed by atoms with van der Waals surface area (Å²) >= 11 is 7.36. The number of benzene rings is 2. The Morgan fingerprint density at radius 1 is 1.13 bits per heavy atom. The van der Waals surface area contributed by atoms with Gasteiger partial charge in [0.05, 0.1) is 5.75 Å². The fraction of sp³-hybridized carbons (Fsp3) is 0.292. The second kappa shape index (κ2) is 11.2. The molecule has 0 aliphatic rings. The number of para-hydroxylation sites is 1. The minimum Gasteiger partial charge on any atom is -0.325 e. The first-order chi connectivity index (χ1) is 15.0. The Kier molecular flexibility index (Phi) is 8.32. The van der Waals surface area contributed by atoms with E-state index in [2.05, 4.69) is 48.1 Å². The largest absolute Gasteiger partial charge is 0.325 e. The number of nitrogens with one attached hydrogen (secondary N) is 1. The fourth-order valence-corrected chi connectivity index (χ4v) is 4.26. The molecule has 3 rings (SSSR count). The van der Waals surface area contributed by atoms with E-state index in [0.29, 0.717) is 23.1 Å². The van der Waals surface area contributed by atoms with E-state index in [0.717, 1.165) is 41.0 Å². The van der Waals surface area contributed by atoms with Crippen molar-refractivity contribution >= 4 is 35.0 Å². The van der Waals surface area contributed by atoms with Crippen LogP contribution < -0.4 is 5.32 Å². The zero-order valence-corrected chi connectivity index (χ0v) is 19.5. The van der Waals surface area contributed by atoms with Crippen LogP contribution in [0, 0.1) is 0 Å². The van der Waals surface area contributed by atoms with E-state index in [9.17, 15) is 4.79 Å². The molecular formula is C24H27ClN4OS. The molecule has 0 radical (unpaired) electrons. The number of hydrogen-bond acceptors (Lipinski definition) is 4. The fourth-order valence-electron chi connectivity index (χ4n) is 3.36. The summed E-state index contributed by atoms with van der Waals surface area (Å²) < 4.78 is 2.00. The predicted octanol–water partition coefficient (Wildman–Crippen LogP) is 5.56. The van der Waals surface area contributed by atoms with Gasteiger partial charge in [-0.2, -0.15) is 0 Å². The Labute approximate surface area is 192 Å². The van der Waals surface area contributed by atoms with E-state index in [1.807, 2.05) is 41.0 Å². The van der Waals surface area contributed by atoms with Crippen LogP contribution in [0.1, 0.15) is 36.4 Å². The normalized spacial score (nSPS) is 10.8. The molecule has 1 N–H and O–H groups in total. The predicted molar refractivity (Wildman–Crippen MR) is 129 cm³/mol. The van der Waals surface area contributed by atoms with Crippen molar-refractivity contribution in [2.24, 2.45) is 0 Å². The number of carbonyl (C=O) groups excluding carboxylic acids is 1. The van der Waals surface area contributed by atoms with Crippen LogP contribution in [0.15, 0.2) is 60.3 Å². The number of rotatable bonds is 10. The van der Waals surface area contributed by atoms with Crippen molar-refractivity contribution in [1.82, 2.24) is 14.8 Å². The van der Waals surface area contributed by atoms with Gasteiger partial charge in [-0.15, -0.1) is 16.8 Å². The Hall–Kier alpha value is -2.57. The highest BCUT2D eigenvalue weighted by molar-refractivity contribution is 7.99. The molecule has 1 heterocycles. The molecule has 0 saturated heterocycles. The summed E-state index contributed by atoms with van der Waals surface area (Å²) in [6, 6.07) is 13.9. The highest BCUT2D eigenvalue weighted by atomic mass is 35.5. The molecule has 0 unspecified atom stereocenters. The van der Waals surface area contributed by atoms with Gasteiger partial charge < -0.3 is 9.88 Å². The van der Waals surface area contributed by atoms with Crippen LogP contribution in [0.2, 0.25) is 5.02 Å². The van der Waals surface area contributed by atoms with Crippen LogP contribution >= 0.6 is 23.4 Å². The van der Waals surface area contributed by atoms with E-state index < -0.39 is 0 Å². The molecule has 31 heavy (non-hydrogen) atoms. The lowest BCUT2D eigenvalue weighted by molar-refractivity contribution is -0.113. The van der Waals surface area contributed by atoms with Crippen molar-refractivity contribution in [2.75, 3.05) is 11.1 Å². The summed E-state index contributed by atoms with van der Waals surface area (Å²) in [6.45, 7) is 8.62. The molecule has 2 aromatic carbocycles. The summed E-state index contributed by atoms with van der Waals surface area (Å²) in [5, 5.41) is 13.2. The molecule has 0 fully saturated rings. The van der Waals surface area contributed by atoms with Crippen LogP contribution in [-0.4, -0.2) is 26.4 Å². The zero-order chi connectivity index (χ0) is 22.2. The highest BCUT2D eigenvalue weighted by Crippen LogP contribution is 2.24. The van der Waals surface area contributed by atoms with Gasteiger partial charge in [0.1, 0.15) is 5.82 Å². The number of allylic oxidation sites excluding steroid dienone is 1. The molecule has 1 aromatic heterocycles. The van der Waals surface area contributed by atoms with Gasteiger partial charge in [-0.1, -0.05) is 73.6 Å². The van der Waals surface area contributed by atoms with Crippen molar-refractivity contribution in [3.63, 3.8) is 0 Å². The lowest BCUT2D eigenvalue weighted by Gasteiger charge is -2.14. The molecule has 0 bridgehead atoms. The minimum atomic E-state index is -0.0481. The molecule has 1 amide bonds. The Morgan fingerprint density at radius 3 is 2.42 bits per heavy atom. The van der Waals surface area contributed by atoms with Crippen LogP contribution in [0.3, 0.4) is 0 Å². The second-order valence-electron chi connectivity index (χ2n) is 7.10. The zero-order valence-electron chi connectivity index (χ0n) is 17.9. The molecular weight excluding hydrogens is 428 g/mol. The number of thioether (sulfide) groups is 1. The van der Waals surface area contributed by atoms with Gasteiger partial charge in [0.2, 0.25) is 5.91 Å². The molecule has 162 valence electrons. The summed E-state index contributed by atoms with van der Waals surface area (Å²) in [6.07, 6.45) is 4.19. The Balaban J connectivity index is 1.70. The summed E-state index contributed by atoms with van der Waals surface area (Å²) in [5.41, 5.74) is 4.34. The van der Waals surface area contributed by atoms with Crippen molar-refractivity contribution in [1.29, 1.82) is 0 Å². The monoisotopic (exact) mass is 454 g/mol. The number of halogens is 1. The average molecular weight is 455 g/mol. The summed E-state index contributed by atoms with van der Waals surface area (Å²) in [5.74, 6) is 1.04. The number of nitrogens with zero attached hydrogens (tertiary/aromatic N) is 3. The first kappa shape index (κ1) is 23.1. The van der Waals surface area contributed by atoms with E-state index in [1.54, 1.807) is 0 Å². The Morgan fingerprint density at radius 2 is 1.81 bits per heavy atom. The lowest BCUT2D eigenvalue weighted by atomic mass is 10.0. The maximum absolute atomic E-state index is 12.7. The molecule has 0 aliphatic heterocycles. The molecule has 5 nitrogen and oxygen atoms in total. The molecule has 0 spiro atoms. The van der Waals surface area contributed by atoms with Crippen molar-refractivity contribution in [3.05, 3.63) is 82.7 Å². The highest BCUT2D eigenvalue weighted by Gasteiger charge is 2.15. The first-order valence-corrected chi connectivity index (χ1v) is 11.7. The van der Waals surface area contributed by atoms with E-state index in [-0.39, 0.29) is 11.7 Å². The van der Waals surface area contributed by atoms with Gasteiger partial charge in [0.25, 0.3) is 0 Å². The minimum absolute atomic E-state index is 0.0481. The molecule has 0 saturated carbocycles. The number of amides is 1. The van der Waals surface area contributed by atoms with E-state index in [1.165, 1.54) is 11.8 Å². The number of carbonyl (C=O) groups is 1. The number of anilines is 1. The third-order valence-electron chi connectivity index (χ3n) is 4.98. The van der Waals surface area contributed by atoms with E-state index in [4.69, 9.17) is 11.6 Å². The second-order valence-corrected chi connectivity index (χ2v) is 8.48. The van der Waals surface area contributed by atoms with E-state index >= 15 is 0 Å². The van der Waals surface area contributed by atoms with Gasteiger partial charge in [-0.3, -0.25) is 4.79 Å². The van der Waals surface area contributed by atoms with Crippen LogP contribution in [0.25, 0.3) is 0 Å². The maximum Gasteiger partial charge on any atom is 0.234 e. The van der Waals surface area contributed by atoms with Gasteiger partial charge in [-0.05, 0) is 41.7 Å². The lowest BCUT2D eigenvalue weighted by Crippen LogP contribution is -2.17. The van der Waals surface area contributed by atoms with Crippen LogP contribution in [0.5, 0.6) is 0 Å². The van der Waals surface area contributed by atoms with Crippen molar-refractivity contribution in [2.45, 2.75) is 44.8 Å². The SMILES string of the molecule is C=CCn1c(Cc2ccc(Cl)cc2)nnc1SCC(=O)Nc1c(CC)cccc1CC. The average Bonchev–Trinajstić information content (AvgIpc) is 3.15. The smallest absolute Gasteiger partial charge is 0.234 e. The quantitative estimate of drug-likeness (QED) is 0.321. The summed E-state index contributed by atoms with van der Waals surface area (Å²) in [4.78, 5) is 12.7. The van der Waals surface area contributed by atoms with Gasteiger partial charge in [0.15, 0.2) is 5.16 Å². The number of aromatic nitrogens is 3. The molecule has 0 atom stereocenters. The third-order valence-corrected chi connectivity index (χ3v) is 6.19. The number of aryl methyl sites for hydroxylation is 2. The van der Waals surface area contributed by atoms with Crippen molar-refractivity contribution < 1.29 is 4.79 Å². The molecule has 3 aromatic rings.